The maximum atomic E-state index is 12.5. The Morgan fingerprint density at radius 2 is 2.09 bits per heavy atom. The number of amides is 1. The molecule has 1 aromatic carbocycles. The van der Waals surface area contributed by atoms with Gasteiger partial charge in [-0.3, -0.25) is 4.79 Å². The van der Waals surface area contributed by atoms with E-state index >= 15 is 0 Å². The second-order valence-electron chi connectivity index (χ2n) is 5.61. The molecular weight excluding hydrogens is 316 g/mol. The molecule has 6 heteroatoms. The zero-order chi connectivity index (χ0) is 16.0. The van der Waals surface area contributed by atoms with Crippen LogP contribution >= 0.6 is 12.4 Å². The molecule has 0 radical (unpaired) electrons. The summed E-state index contributed by atoms with van der Waals surface area (Å²) in [6, 6.07) is 5.16. The average molecular weight is 341 g/mol. The molecule has 0 unspecified atom stereocenters. The van der Waals surface area contributed by atoms with Crippen LogP contribution in [-0.4, -0.2) is 31.7 Å². The summed E-state index contributed by atoms with van der Waals surface area (Å²) >= 11 is 0. The Balaban J connectivity index is 0.00000264. The van der Waals surface area contributed by atoms with E-state index in [0.717, 1.165) is 25.7 Å². The minimum Gasteiger partial charge on any atom is -0.493 e. The minimum absolute atomic E-state index is 0. The summed E-state index contributed by atoms with van der Waals surface area (Å²) in [5, 5.41) is 3.10. The summed E-state index contributed by atoms with van der Waals surface area (Å²) in [7, 11) is 1.55. The van der Waals surface area contributed by atoms with Crippen molar-refractivity contribution in [1.82, 2.24) is 5.32 Å². The fraction of sp³-hybridized carbons (Fsp3) is 0.471. The smallest absolute Gasteiger partial charge is 0.251 e. The third-order valence-electron chi connectivity index (χ3n) is 4.11. The van der Waals surface area contributed by atoms with Gasteiger partial charge in [0, 0.05) is 12.1 Å². The van der Waals surface area contributed by atoms with Crippen molar-refractivity contribution in [3.8, 4) is 11.5 Å². The molecule has 2 rings (SSSR count). The number of ether oxygens (including phenoxy) is 2. The van der Waals surface area contributed by atoms with Gasteiger partial charge in [0.15, 0.2) is 11.5 Å². The third kappa shape index (κ3) is 4.62. The van der Waals surface area contributed by atoms with Crippen LogP contribution in [0.2, 0.25) is 0 Å². The summed E-state index contributed by atoms with van der Waals surface area (Å²) < 4.78 is 10.8. The average Bonchev–Trinajstić information content (AvgIpc) is 3.01. The highest BCUT2D eigenvalue weighted by Gasteiger charge is 2.34. The Hall–Kier alpha value is -1.72. The van der Waals surface area contributed by atoms with Gasteiger partial charge in [-0.2, -0.15) is 0 Å². The molecule has 1 saturated carbocycles. The SMILES string of the molecule is C=CCOc1ccc(C(=O)NC2(CN)CCCC2)cc1OC.Cl. The van der Waals surface area contributed by atoms with Crippen LogP contribution in [0.1, 0.15) is 36.0 Å². The summed E-state index contributed by atoms with van der Waals surface area (Å²) in [5.41, 5.74) is 6.14. The molecule has 1 fully saturated rings. The van der Waals surface area contributed by atoms with Crippen LogP contribution in [0.25, 0.3) is 0 Å². The molecule has 0 spiro atoms. The Kier molecular flexibility index (Phi) is 7.39. The molecule has 0 aliphatic heterocycles. The van der Waals surface area contributed by atoms with E-state index in [-0.39, 0.29) is 23.9 Å². The van der Waals surface area contributed by atoms with E-state index in [9.17, 15) is 4.79 Å². The molecule has 1 aliphatic rings. The fourth-order valence-corrected chi connectivity index (χ4v) is 2.82. The maximum Gasteiger partial charge on any atom is 0.251 e. The van der Waals surface area contributed by atoms with Crippen LogP contribution in [0.5, 0.6) is 11.5 Å². The Labute approximate surface area is 143 Å². The quantitative estimate of drug-likeness (QED) is 0.748. The Bertz CT molecular complexity index is 543. The third-order valence-corrected chi connectivity index (χ3v) is 4.11. The van der Waals surface area contributed by atoms with E-state index in [1.165, 1.54) is 0 Å². The second-order valence-corrected chi connectivity index (χ2v) is 5.61. The first-order valence-electron chi connectivity index (χ1n) is 7.58. The summed E-state index contributed by atoms with van der Waals surface area (Å²) in [6.07, 6.45) is 5.75. The van der Waals surface area contributed by atoms with Gasteiger partial charge in [0.1, 0.15) is 6.61 Å². The number of rotatable bonds is 7. The number of hydrogen-bond acceptors (Lipinski definition) is 4. The van der Waals surface area contributed by atoms with Gasteiger partial charge in [-0.15, -0.1) is 12.4 Å². The molecule has 1 aliphatic carbocycles. The number of benzene rings is 1. The fourth-order valence-electron chi connectivity index (χ4n) is 2.82. The van der Waals surface area contributed by atoms with Crippen molar-refractivity contribution in [1.29, 1.82) is 0 Å². The first-order chi connectivity index (χ1) is 10.6. The van der Waals surface area contributed by atoms with E-state index in [1.807, 2.05) is 0 Å². The van der Waals surface area contributed by atoms with E-state index in [0.29, 0.717) is 30.2 Å². The van der Waals surface area contributed by atoms with Crippen LogP contribution < -0.4 is 20.5 Å². The van der Waals surface area contributed by atoms with Crippen LogP contribution in [0, 0.1) is 0 Å². The van der Waals surface area contributed by atoms with Gasteiger partial charge in [-0.25, -0.2) is 0 Å². The number of carbonyl (C=O) groups excluding carboxylic acids is 1. The molecular formula is C17H25ClN2O3. The topological polar surface area (TPSA) is 73.6 Å². The molecule has 0 aromatic heterocycles. The van der Waals surface area contributed by atoms with Crippen molar-refractivity contribution in [2.75, 3.05) is 20.3 Å². The summed E-state index contributed by atoms with van der Waals surface area (Å²) in [4.78, 5) is 12.5. The lowest BCUT2D eigenvalue weighted by atomic mass is 9.97. The number of methoxy groups -OCH3 is 1. The van der Waals surface area contributed by atoms with Gasteiger partial charge in [0.25, 0.3) is 5.91 Å². The number of halogens is 1. The molecule has 1 aromatic rings. The maximum absolute atomic E-state index is 12.5. The summed E-state index contributed by atoms with van der Waals surface area (Å²) in [6.45, 7) is 4.47. The normalized spacial score (nSPS) is 15.4. The van der Waals surface area contributed by atoms with Gasteiger partial charge in [-0.05, 0) is 31.0 Å². The first kappa shape index (κ1) is 19.3. The molecule has 1 amide bonds. The number of nitrogens with two attached hydrogens (primary N) is 1. The number of carbonyl (C=O) groups is 1. The number of hydrogen-bond donors (Lipinski definition) is 2. The molecule has 0 bridgehead atoms. The van der Waals surface area contributed by atoms with Gasteiger partial charge in [0.05, 0.1) is 12.6 Å². The van der Waals surface area contributed by atoms with Gasteiger partial charge in [0.2, 0.25) is 0 Å². The standard InChI is InChI=1S/C17H24N2O3.ClH/c1-3-10-22-14-7-6-13(11-15(14)21-2)16(20)19-17(12-18)8-4-5-9-17;/h3,6-7,11H,1,4-5,8-10,12,18H2,2H3,(H,19,20);1H. The lowest BCUT2D eigenvalue weighted by molar-refractivity contribution is 0.0902. The number of nitrogens with one attached hydrogen (secondary N) is 1. The van der Waals surface area contributed by atoms with Crippen LogP contribution in [0.3, 0.4) is 0 Å². The Morgan fingerprint density at radius 3 is 2.65 bits per heavy atom. The monoisotopic (exact) mass is 340 g/mol. The van der Waals surface area contributed by atoms with Crippen molar-refractivity contribution in [2.24, 2.45) is 5.73 Å². The molecule has 3 N–H and O–H groups in total. The molecule has 0 saturated heterocycles. The van der Waals surface area contributed by atoms with E-state index < -0.39 is 0 Å². The van der Waals surface area contributed by atoms with Crippen molar-refractivity contribution in [3.05, 3.63) is 36.4 Å². The predicted molar refractivity (Wildman–Crippen MR) is 93.7 cm³/mol. The van der Waals surface area contributed by atoms with Crippen molar-refractivity contribution in [3.63, 3.8) is 0 Å². The van der Waals surface area contributed by atoms with Crippen LogP contribution in [0.15, 0.2) is 30.9 Å². The highest BCUT2D eigenvalue weighted by atomic mass is 35.5. The minimum atomic E-state index is -0.262. The second kappa shape index (κ2) is 8.79. The molecule has 128 valence electrons. The van der Waals surface area contributed by atoms with E-state index in [4.69, 9.17) is 15.2 Å². The molecule has 0 heterocycles. The highest BCUT2D eigenvalue weighted by Crippen LogP contribution is 2.31. The van der Waals surface area contributed by atoms with E-state index in [1.54, 1.807) is 31.4 Å². The van der Waals surface area contributed by atoms with Crippen molar-refractivity contribution in [2.45, 2.75) is 31.2 Å². The zero-order valence-corrected chi connectivity index (χ0v) is 14.3. The van der Waals surface area contributed by atoms with Gasteiger partial charge >= 0.3 is 0 Å². The Morgan fingerprint density at radius 1 is 1.39 bits per heavy atom. The molecule has 0 atom stereocenters. The van der Waals surface area contributed by atoms with Gasteiger partial charge in [-0.1, -0.05) is 25.5 Å². The lowest BCUT2D eigenvalue weighted by Crippen LogP contribution is -2.51. The molecule has 23 heavy (non-hydrogen) atoms. The van der Waals surface area contributed by atoms with Crippen molar-refractivity contribution < 1.29 is 14.3 Å². The van der Waals surface area contributed by atoms with Crippen LogP contribution in [0.4, 0.5) is 0 Å². The summed E-state index contributed by atoms with van der Waals surface area (Å²) in [5.74, 6) is 0.997. The van der Waals surface area contributed by atoms with Crippen molar-refractivity contribution >= 4 is 18.3 Å². The van der Waals surface area contributed by atoms with Gasteiger partial charge < -0.3 is 20.5 Å². The predicted octanol–water partition coefficient (Wildman–Crippen LogP) is 2.68. The largest absolute Gasteiger partial charge is 0.493 e. The highest BCUT2D eigenvalue weighted by molar-refractivity contribution is 5.95. The lowest BCUT2D eigenvalue weighted by Gasteiger charge is -2.28. The zero-order valence-electron chi connectivity index (χ0n) is 13.5. The van der Waals surface area contributed by atoms with E-state index in [2.05, 4.69) is 11.9 Å². The first-order valence-corrected chi connectivity index (χ1v) is 7.58. The molecule has 5 nitrogen and oxygen atoms in total. The van der Waals surface area contributed by atoms with Crippen LogP contribution in [-0.2, 0) is 0 Å².